The summed E-state index contributed by atoms with van der Waals surface area (Å²) in [7, 11) is 4.21. The van der Waals surface area contributed by atoms with Crippen molar-refractivity contribution in [2.45, 2.75) is 38.3 Å². The number of nitrogens with zero attached hydrogens (tertiary/aromatic N) is 1. The van der Waals surface area contributed by atoms with Crippen molar-refractivity contribution in [2.24, 2.45) is 0 Å². The molecule has 0 aromatic rings. The van der Waals surface area contributed by atoms with Crippen LogP contribution in [0.3, 0.4) is 0 Å². The molecule has 1 aliphatic rings. The minimum absolute atomic E-state index is 0.0839. The maximum absolute atomic E-state index is 5.72. The van der Waals surface area contributed by atoms with Crippen LogP contribution >= 0.6 is 0 Å². The van der Waals surface area contributed by atoms with E-state index >= 15 is 0 Å². The first kappa shape index (κ1) is 12.0. The van der Waals surface area contributed by atoms with E-state index in [4.69, 9.17) is 4.74 Å². The number of nitrogens with one attached hydrogen (secondary N) is 1. The van der Waals surface area contributed by atoms with Gasteiger partial charge in [0, 0.05) is 25.7 Å². The van der Waals surface area contributed by atoms with Gasteiger partial charge in [-0.2, -0.15) is 0 Å². The summed E-state index contributed by atoms with van der Waals surface area (Å²) in [5, 5.41) is 3.53. The molecule has 0 spiro atoms. The van der Waals surface area contributed by atoms with Gasteiger partial charge in [-0.05, 0) is 40.8 Å². The van der Waals surface area contributed by atoms with Gasteiger partial charge in [-0.1, -0.05) is 0 Å². The first-order valence-corrected chi connectivity index (χ1v) is 5.54. The number of hydrogen-bond donors (Lipinski definition) is 1. The van der Waals surface area contributed by atoms with Gasteiger partial charge in [-0.15, -0.1) is 0 Å². The summed E-state index contributed by atoms with van der Waals surface area (Å²) in [5.74, 6) is 0. The molecule has 1 heterocycles. The van der Waals surface area contributed by atoms with Gasteiger partial charge in [0.1, 0.15) is 0 Å². The fraction of sp³-hybridized carbons (Fsp3) is 1.00. The highest BCUT2D eigenvalue weighted by molar-refractivity contribution is 4.83. The minimum atomic E-state index is 0.0839. The first-order chi connectivity index (χ1) is 6.52. The van der Waals surface area contributed by atoms with Crippen molar-refractivity contribution in [1.29, 1.82) is 0 Å². The van der Waals surface area contributed by atoms with E-state index in [-0.39, 0.29) is 5.60 Å². The second kappa shape index (κ2) is 5.10. The van der Waals surface area contributed by atoms with Crippen LogP contribution in [0.25, 0.3) is 0 Å². The average Bonchev–Trinajstić information content (AvgIpc) is 2.49. The Kier molecular flexibility index (Phi) is 4.35. The highest BCUT2D eigenvalue weighted by Crippen LogP contribution is 2.23. The van der Waals surface area contributed by atoms with E-state index in [2.05, 4.69) is 38.2 Å². The molecule has 14 heavy (non-hydrogen) atoms. The lowest BCUT2D eigenvalue weighted by molar-refractivity contribution is 0.0186. The van der Waals surface area contributed by atoms with Crippen LogP contribution < -0.4 is 5.32 Å². The summed E-state index contributed by atoms with van der Waals surface area (Å²) in [6.07, 6.45) is 2.40. The van der Waals surface area contributed by atoms with Crippen molar-refractivity contribution >= 4 is 0 Å². The van der Waals surface area contributed by atoms with Crippen molar-refractivity contribution in [3.8, 4) is 0 Å². The van der Waals surface area contributed by atoms with Gasteiger partial charge in [-0.3, -0.25) is 0 Å². The van der Waals surface area contributed by atoms with Crippen LogP contribution in [0.4, 0.5) is 0 Å². The standard InChI is InChI=1S/C11H24N2O/c1-10(8-13(3)4)12-9-11(2)6-5-7-14-11/h10,12H,5-9H2,1-4H3. The van der Waals surface area contributed by atoms with E-state index in [1.54, 1.807) is 0 Å². The van der Waals surface area contributed by atoms with E-state index in [9.17, 15) is 0 Å². The second-order valence-corrected chi connectivity index (χ2v) is 4.95. The molecule has 0 saturated carbocycles. The summed E-state index contributed by atoms with van der Waals surface area (Å²) in [5.41, 5.74) is 0.0839. The molecule has 1 saturated heterocycles. The number of rotatable bonds is 5. The lowest BCUT2D eigenvalue weighted by atomic mass is 10.0. The van der Waals surface area contributed by atoms with Crippen molar-refractivity contribution < 1.29 is 4.74 Å². The van der Waals surface area contributed by atoms with Crippen molar-refractivity contribution in [3.05, 3.63) is 0 Å². The van der Waals surface area contributed by atoms with Crippen molar-refractivity contribution in [2.75, 3.05) is 33.8 Å². The number of hydrogen-bond acceptors (Lipinski definition) is 3. The molecule has 0 radical (unpaired) electrons. The maximum atomic E-state index is 5.72. The summed E-state index contributed by atoms with van der Waals surface area (Å²) in [6, 6.07) is 0.533. The first-order valence-electron chi connectivity index (χ1n) is 5.54. The van der Waals surface area contributed by atoms with Crippen LogP contribution in [0, 0.1) is 0 Å². The molecule has 1 rings (SSSR count). The Balaban J connectivity index is 2.18. The predicted octanol–water partition coefficient (Wildman–Crippen LogP) is 1.10. The molecule has 1 fully saturated rings. The summed E-state index contributed by atoms with van der Waals surface area (Å²) < 4.78 is 5.72. The van der Waals surface area contributed by atoms with Crippen LogP contribution in [-0.2, 0) is 4.74 Å². The van der Waals surface area contributed by atoms with E-state index < -0.39 is 0 Å². The molecule has 0 aliphatic carbocycles. The fourth-order valence-electron chi connectivity index (χ4n) is 1.98. The molecular formula is C11H24N2O. The van der Waals surface area contributed by atoms with E-state index in [1.807, 2.05) is 0 Å². The Hall–Kier alpha value is -0.120. The van der Waals surface area contributed by atoms with Crippen molar-refractivity contribution in [1.82, 2.24) is 10.2 Å². The second-order valence-electron chi connectivity index (χ2n) is 4.95. The fourth-order valence-corrected chi connectivity index (χ4v) is 1.98. The van der Waals surface area contributed by atoms with E-state index in [0.717, 1.165) is 19.7 Å². The van der Waals surface area contributed by atoms with Crippen LogP contribution in [0.15, 0.2) is 0 Å². The topological polar surface area (TPSA) is 24.5 Å². The molecule has 3 heteroatoms. The van der Waals surface area contributed by atoms with Gasteiger partial charge in [0.25, 0.3) is 0 Å². The molecule has 1 aliphatic heterocycles. The molecule has 2 unspecified atom stereocenters. The summed E-state index contributed by atoms with van der Waals surface area (Å²) >= 11 is 0. The van der Waals surface area contributed by atoms with Crippen LogP contribution in [0.5, 0.6) is 0 Å². The van der Waals surface area contributed by atoms with Gasteiger partial charge >= 0.3 is 0 Å². The monoisotopic (exact) mass is 200 g/mol. The lowest BCUT2D eigenvalue weighted by Gasteiger charge is -2.27. The Morgan fingerprint density at radius 3 is 2.71 bits per heavy atom. The Morgan fingerprint density at radius 1 is 1.50 bits per heavy atom. The van der Waals surface area contributed by atoms with Gasteiger partial charge in [-0.25, -0.2) is 0 Å². The van der Waals surface area contributed by atoms with Crippen LogP contribution in [-0.4, -0.2) is 50.3 Å². The summed E-state index contributed by atoms with van der Waals surface area (Å²) in [6.45, 7) is 7.41. The molecule has 0 amide bonds. The molecular weight excluding hydrogens is 176 g/mol. The molecule has 84 valence electrons. The highest BCUT2D eigenvalue weighted by atomic mass is 16.5. The largest absolute Gasteiger partial charge is 0.374 e. The third-order valence-corrected chi connectivity index (χ3v) is 2.76. The maximum Gasteiger partial charge on any atom is 0.0779 e. The molecule has 1 N–H and O–H groups in total. The predicted molar refractivity (Wildman–Crippen MR) is 59.6 cm³/mol. The van der Waals surface area contributed by atoms with Gasteiger partial charge in [0.2, 0.25) is 0 Å². The molecule has 2 atom stereocenters. The highest BCUT2D eigenvalue weighted by Gasteiger charge is 2.29. The zero-order valence-electron chi connectivity index (χ0n) is 9.97. The van der Waals surface area contributed by atoms with Gasteiger partial charge in [0.05, 0.1) is 5.60 Å². The van der Waals surface area contributed by atoms with Crippen LogP contribution in [0.2, 0.25) is 0 Å². The van der Waals surface area contributed by atoms with E-state index in [0.29, 0.717) is 6.04 Å². The number of likely N-dealkylation sites (N-methyl/N-ethyl adjacent to an activating group) is 1. The lowest BCUT2D eigenvalue weighted by Crippen LogP contribution is -2.44. The SMILES string of the molecule is CC(CN(C)C)NCC1(C)CCCO1. The van der Waals surface area contributed by atoms with Gasteiger partial charge in [0.15, 0.2) is 0 Å². The third kappa shape index (κ3) is 3.95. The Labute approximate surface area is 87.8 Å². The zero-order chi connectivity index (χ0) is 10.6. The molecule has 0 aromatic heterocycles. The average molecular weight is 200 g/mol. The smallest absolute Gasteiger partial charge is 0.0779 e. The molecule has 0 aromatic carbocycles. The minimum Gasteiger partial charge on any atom is -0.374 e. The summed E-state index contributed by atoms with van der Waals surface area (Å²) in [4.78, 5) is 2.20. The molecule has 3 nitrogen and oxygen atoms in total. The van der Waals surface area contributed by atoms with Crippen molar-refractivity contribution in [3.63, 3.8) is 0 Å². The normalized spacial score (nSPS) is 29.8. The Bertz CT molecular complexity index is 165. The quantitative estimate of drug-likeness (QED) is 0.719. The van der Waals surface area contributed by atoms with E-state index in [1.165, 1.54) is 12.8 Å². The number of ether oxygens (including phenoxy) is 1. The Morgan fingerprint density at radius 2 is 2.21 bits per heavy atom. The van der Waals surface area contributed by atoms with Crippen LogP contribution in [0.1, 0.15) is 26.7 Å². The van der Waals surface area contributed by atoms with Gasteiger partial charge < -0.3 is 15.0 Å². The molecule has 0 bridgehead atoms. The zero-order valence-corrected chi connectivity index (χ0v) is 9.97. The third-order valence-electron chi connectivity index (χ3n) is 2.76.